The highest BCUT2D eigenvalue weighted by Crippen LogP contribution is 2.25. The molecule has 2 aliphatic heterocycles. The lowest BCUT2D eigenvalue weighted by Crippen LogP contribution is -2.57. The van der Waals surface area contributed by atoms with E-state index in [0.717, 1.165) is 54.5 Å². The summed E-state index contributed by atoms with van der Waals surface area (Å²) in [6.45, 7) is 6.51. The molecule has 0 unspecified atom stereocenters. The summed E-state index contributed by atoms with van der Waals surface area (Å²) in [6, 6.07) is 7.90. The molecule has 2 atom stereocenters. The maximum Gasteiger partial charge on any atom is 0.254 e. The zero-order valence-electron chi connectivity index (χ0n) is 16.6. The summed E-state index contributed by atoms with van der Waals surface area (Å²) in [5, 5.41) is 21.3. The van der Waals surface area contributed by atoms with E-state index in [1.165, 1.54) is 0 Å². The van der Waals surface area contributed by atoms with Crippen LogP contribution in [0.2, 0.25) is 0 Å². The number of aliphatic hydroxyl groups is 2. The topological polar surface area (TPSA) is 76.9 Å². The summed E-state index contributed by atoms with van der Waals surface area (Å²) in [5.74, 6) is -0.0346. The first-order chi connectivity index (χ1) is 13.4. The Morgan fingerprint density at radius 3 is 2.54 bits per heavy atom. The van der Waals surface area contributed by atoms with E-state index < -0.39 is 6.10 Å². The minimum absolute atomic E-state index is 0.0346. The Labute approximate surface area is 165 Å². The van der Waals surface area contributed by atoms with Crippen LogP contribution in [0.5, 0.6) is 0 Å². The molecule has 1 aromatic heterocycles. The number of hydrogen-bond donors (Lipinski definition) is 2. The first-order valence-corrected chi connectivity index (χ1v) is 10.2. The van der Waals surface area contributed by atoms with Gasteiger partial charge in [-0.15, -0.1) is 0 Å². The highest BCUT2D eigenvalue weighted by Gasteiger charge is 2.35. The molecule has 6 heteroatoms. The lowest BCUT2D eigenvalue weighted by atomic mass is 9.95. The average Bonchev–Trinajstić information content (AvgIpc) is 2.68. The SMILES string of the molecule is Cc1ccc2nc(C)cc(C(=O)N3CC[C@@H](N4CCC(O)CC4)[C@H](O)C3)c2c1. The number of rotatable bonds is 2. The number of carbonyl (C=O) groups excluding carboxylic acids is 1. The zero-order chi connectivity index (χ0) is 19.8. The molecule has 2 aromatic rings. The quantitative estimate of drug-likeness (QED) is 0.828. The fraction of sp³-hybridized carbons (Fsp3) is 0.545. The molecular weight excluding hydrogens is 354 g/mol. The van der Waals surface area contributed by atoms with Crippen LogP contribution in [0.3, 0.4) is 0 Å². The van der Waals surface area contributed by atoms with Crippen molar-refractivity contribution in [2.75, 3.05) is 26.2 Å². The second-order valence-electron chi connectivity index (χ2n) is 8.27. The van der Waals surface area contributed by atoms with Gasteiger partial charge in [0.05, 0.1) is 23.3 Å². The van der Waals surface area contributed by atoms with E-state index in [1.807, 2.05) is 38.1 Å². The molecule has 1 amide bonds. The Morgan fingerprint density at radius 2 is 1.82 bits per heavy atom. The van der Waals surface area contributed by atoms with Gasteiger partial charge in [-0.3, -0.25) is 14.7 Å². The Hall–Kier alpha value is -2.02. The van der Waals surface area contributed by atoms with Gasteiger partial charge < -0.3 is 15.1 Å². The van der Waals surface area contributed by atoms with Crippen molar-refractivity contribution in [2.45, 2.75) is 51.4 Å². The molecule has 28 heavy (non-hydrogen) atoms. The van der Waals surface area contributed by atoms with Crippen molar-refractivity contribution < 1.29 is 15.0 Å². The Kier molecular flexibility index (Phi) is 5.36. The van der Waals surface area contributed by atoms with Crippen molar-refractivity contribution in [3.05, 3.63) is 41.1 Å². The highest BCUT2D eigenvalue weighted by molar-refractivity contribution is 6.06. The Morgan fingerprint density at radius 1 is 1.07 bits per heavy atom. The fourth-order valence-corrected chi connectivity index (χ4v) is 4.57. The number of fused-ring (bicyclic) bond motifs is 1. The number of aryl methyl sites for hydroxylation is 2. The summed E-state index contributed by atoms with van der Waals surface area (Å²) in [4.78, 5) is 21.9. The van der Waals surface area contributed by atoms with E-state index in [1.54, 1.807) is 4.90 Å². The molecule has 2 N–H and O–H groups in total. The van der Waals surface area contributed by atoms with Crippen molar-refractivity contribution in [2.24, 2.45) is 0 Å². The highest BCUT2D eigenvalue weighted by atomic mass is 16.3. The summed E-state index contributed by atoms with van der Waals surface area (Å²) >= 11 is 0. The van der Waals surface area contributed by atoms with Crippen LogP contribution in [0.1, 0.15) is 40.9 Å². The van der Waals surface area contributed by atoms with E-state index in [9.17, 15) is 15.0 Å². The monoisotopic (exact) mass is 383 g/mol. The van der Waals surface area contributed by atoms with Crippen LogP contribution >= 0.6 is 0 Å². The Bertz CT molecular complexity index is 877. The van der Waals surface area contributed by atoms with Crippen molar-refractivity contribution in [1.82, 2.24) is 14.8 Å². The average molecular weight is 383 g/mol. The number of pyridine rings is 1. The molecule has 2 aliphatic rings. The van der Waals surface area contributed by atoms with Gasteiger partial charge in [-0.25, -0.2) is 0 Å². The second kappa shape index (κ2) is 7.78. The van der Waals surface area contributed by atoms with Crippen molar-refractivity contribution in [1.29, 1.82) is 0 Å². The zero-order valence-corrected chi connectivity index (χ0v) is 16.6. The number of likely N-dealkylation sites (tertiary alicyclic amines) is 2. The van der Waals surface area contributed by atoms with Gasteiger partial charge in [0.15, 0.2) is 0 Å². The minimum Gasteiger partial charge on any atom is -0.393 e. The smallest absolute Gasteiger partial charge is 0.254 e. The fourth-order valence-electron chi connectivity index (χ4n) is 4.57. The third kappa shape index (κ3) is 3.77. The maximum atomic E-state index is 13.3. The van der Waals surface area contributed by atoms with Crippen LogP contribution in [-0.2, 0) is 0 Å². The molecule has 0 spiro atoms. The molecule has 6 nitrogen and oxygen atoms in total. The van der Waals surface area contributed by atoms with Crippen LogP contribution in [0.25, 0.3) is 10.9 Å². The van der Waals surface area contributed by atoms with Crippen molar-refractivity contribution in [3.8, 4) is 0 Å². The third-order valence-corrected chi connectivity index (χ3v) is 6.12. The lowest BCUT2D eigenvalue weighted by molar-refractivity contribution is -0.0290. The number of aromatic nitrogens is 1. The van der Waals surface area contributed by atoms with Gasteiger partial charge in [-0.05, 0) is 51.3 Å². The molecule has 0 bridgehead atoms. The molecule has 0 radical (unpaired) electrons. The molecule has 0 saturated carbocycles. The molecule has 0 aliphatic carbocycles. The van der Waals surface area contributed by atoms with E-state index in [-0.39, 0.29) is 18.1 Å². The number of hydrogen-bond acceptors (Lipinski definition) is 5. The standard InChI is InChI=1S/C22H29N3O3/c1-14-3-4-19-17(11-14)18(12-15(2)23-19)22(28)25-10-7-20(21(27)13-25)24-8-5-16(26)6-9-24/h3-4,11-12,16,20-21,26-27H,5-10,13H2,1-2H3/t20-,21-/m1/s1. The molecule has 1 aromatic carbocycles. The van der Waals surface area contributed by atoms with E-state index in [2.05, 4.69) is 9.88 Å². The van der Waals surface area contributed by atoms with Gasteiger partial charge in [-0.2, -0.15) is 0 Å². The number of nitrogens with zero attached hydrogens (tertiary/aromatic N) is 3. The summed E-state index contributed by atoms with van der Waals surface area (Å²) in [5.41, 5.74) is 3.41. The van der Waals surface area contributed by atoms with Crippen molar-refractivity contribution in [3.63, 3.8) is 0 Å². The van der Waals surface area contributed by atoms with Gasteiger partial charge >= 0.3 is 0 Å². The van der Waals surface area contributed by atoms with Crippen LogP contribution in [0, 0.1) is 13.8 Å². The minimum atomic E-state index is -0.566. The molecule has 150 valence electrons. The number of amides is 1. The normalized spacial score (nSPS) is 24.6. The predicted molar refractivity (Wildman–Crippen MR) is 108 cm³/mol. The largest absolute Gasteiger partial charge is 0.393 e. The maximum absolute atomic E-state index is 13.3. The molecule has 2 fully saturated rings. The summed E-state index contributed by atoms with van der Waals surface area (Å²) in [7, 11) is 0. The summed E-state index contributed by atoms with van der Waals surface area (Å²) < 4.78 is 0. The van der Waals surface area contributed by atoms with Crippen molar-refractivity contribution >= 4 is 16.8 Å². The van der Waals surface area contributed by atoms with Crippen LogP contribution < -0.4 is 0 Å². The molecular formula is C22H29N3O3. The second-order valence-corrected chi connectivity index (χ2v) is 8.27. The summed E-state index contributed by atoms with van der Waals surface area (Å²) in [6.07, 6.45) is 1.48. The third-order valence-electron chi connectivity index (χ3n) is 6.12. The van der Waals surface area contributed by atoms with Gasteiger partial charge in [0.2, 0.25) is 0 Å². The number of aliphatic hydroxyl groups excluding tert-OH is 2. The van der Waals surface area contributed by atoms with E-state index in [0.29, 0.717) is 18.7 Å². The predicted octanol–water partition coefficient (Wildman–Crippen LogP) is 1.88. The van der Waals surface area contributed by atoms with E-state index in [4.69, 9.17) is 0 Å². The number of benzene rings is 1. The first-order valence-electron chi connectivity index (χ1n) is 10.2. The van der Waals surface area contributed by atoms with Gasteiger partial charge in [0.1, 0.15) is 0 Å². The number of carbonyl (C=O) groups is 1. The lowest BCUT2D eigenvalue weighted by Gasteiger charge is -2.43. The van der Waals surface area contributed by atoms with Crippen LogP contribution in [0.15, 0.2) is 24.3 Å². The van der Waals surface area contributed by atoms with Gasteiger partial charge in [0, 0.05) is 43.3 Å². The number of β-amino-alcohol motifs (C(OH)–C–C–N with tert-alkyl or cyclic N) is 1. The van der Waals surface area contributed by atoms with Crippen LogP contribution in [-0.4, -0.2) is 75.3 Å². The van der Waals surface area contributed by atoms with E-state index >= 15 is 0 Å². The molecule has 2 saturated heterocycles. The molecule has 3 heterocycles. The molecule has 4 rings (SSSR count). The van der Waals surface area contributed by atoms with Gasteiger partial charge in [-0.1, -0.05) is 11.6 Å². The van der Waals surface area contributed by atoms with Crippen LogP contribution in [0.4, 0.5) is 0 Å². The first kappa shape index (κ1) is 19.3. The van der Waals surface area contributed by atoms with Gasteiger partial charge in [0.25, 0.3) is 5.91 Å². The Balaban J connectivity index is 1.52. The number of piperidine rings is 2.